The number of carboxylic acid groups (broad SMARTS) is 1. The maximum absolute atomic E-state index is 12.9. The number of carbonyl (C=O) groups is 3. The second-order valence-electron chi connectivity index (χ2n) is 20.4. The number of nitrogens with one attached hydrogen (secondary N) is 3. The lowest BCUT2D eigenvalue weighted by atomic mass is 9.89. The van der Waals surface area contributed by atoms with E-state index in [1.54, 1.807) is 65.4 Å². The number of hydrogen-bond donors (Lipinski definition) is 11. The van der Waals surface area contributed by atoms with Crippen LogP contribution in [0.3, 0.4) is 0 Å². The quantitative estimate of drug-likeness (QED) is 0.00260. The van der Waals surface area contributed by atoms with Gasteiger partial charge in [-0.1, -0.05) is 51.2 Å². The van der Waals surface area contributed by atoms with Crippen LogP contribution >= 0.6 is 45.1 Å². The van der Waals surface area contributed by atoms with Crippen molar-refractivity contribution in [2.45, 2.75) is 62.7 Å². The molecule has 0 radical (unpaired) electrons. The lowest BCUT2D eigenvalue weighted by molar-refractivity contribution is -0.172. The molecule has 0 bridgehead atoms. The number of hydrogen-bond acceptors (Lipinski definition) is 31. The molecular formula is C53H69N11O29P3S4+. The Morgan fingerprint density at radius 3 is 2.19 bits per heavy atom. The maximum atomic E-state index is 12.9. The van der Waals surface area contributed by atoms with Crippen LogP contribution in [0.1, 0.15) is 67.2 Å². The molecule has 2 amide bonds. The minimum atomic E-state index is -5.83. The van der Waals surface area contributed by atoms with Gasteiger partial charge in [0.2, 0.25) is 0 Å². The van der Waals surface area contributed by atoms with Crippen LogP contribution in [0.2, 0.25) is 0 Å². The summed E-state index contributed by atoms with van der Waals surface area (Å²) in [7, 11) is -20.2. The molecule has 2 aromatic carbocycles. The van der Waals surface area contributed by atoms with Crippen LogP contribution in [0.15, 0.2) is 81.7 Å². The van der Waals surface area contributed by atoms with Gasteiger partial charge in [0, 0.05) is 82.0 Å². The largest absolute Gasteiger partial charge is 0.490 e. The number of aromatic carboxylic acids is 1. The van der Waals surface area contributed by atoms with Gasteiger partial charge in [0.05, 0.1) is 76.1 Å². The predicted octanol–water partition coefficient (Wildman–Crippen LogP) is 2.96. The van der Waals surface area contributed by atoms with Gasteiger partial charge in [0.1, 0.15) is 42.2 Å². The average Bonchev–Trinajstić information content (AvgIpc) is 0.901. The Hall–Kier alpha value is -7.82. The Labute approximate surface area is 578 Å². The first kappa shape index (κ1) is 84.6. The van der Waals surface area contributed by atoms with E-state index in [-0.39, 0.29) is 67.6 Å². The first-order valence-corrected chi connectivity index (χ1v) is 37.4. The van der Waals surface area contributed by atoms with Crippen molar-refractivity contribution in [3.05, 3.63) is 110 Å². The lowest BCUT2D eigenvalue weighted by Crippen LogP contribution is -2.44. The van der Waals surface area contributed by atoms with E-state index in [0.717, 1.165) is 4.57 Å². The van der Waals surface area contributed by atoms with Gasteiger partial charge in [-0.15, -0.1) is 25.3 Å². The first-order valence-electron chi connectivity index (χ1n) is 28.6. The van der Waals surface area contributed by atoms with Gasteiger partial charge in [-0.05, 0) is 80.1 Å². The van der Waals surface area contributed by atoms with Gasteiger partial charge < -0.3 is 89.7 Å². The Bertz CT molecular complexity index is 4230. The van der Waals surface area contributed by atoms with E-state index >= 15 is 0 Å². The molecule has 3 aromatic rings. The molecule has 3 aliphatic rings. The minimum Gasteiger partial charge on any atom is -0.478 e. The number of phosphoric acid groups is 3. The Balaban J connectivity index is 0.00000251. The predicted molar refractivity (Wildman–Crippen MR) is 352 cm³/mol. The number of aromatic nitrogens is 2. The number of fused-ring (bicyclic) bond motifs is 2. The van der Waals surface area contributed by atoms with Crippen LogP contribution in [-0.4, -0.2) is 180 Å². The summed E-state index contributed by atoms with van der Waals surface area (Å²) in [5.41, 5.74) is 23.8. The van der Waals surface area contributed by atoms with Crippen molar-refractivity contribution < 1.29 is 134 Å². The highest BCUT2D eigenvalue weighted by molar-refractivity contribution is 8.77. The summed E-state index contributed by atoms with van der Waals surface area (Å²) < 4.78 is 143. The first-order chi connectivity index (χ1) is 47.1. The zero-order chi connectivity index (χ0) is 74.2. The number of amides is 2. The zero-order valence-corrected chi connectivity index (χ0v) is 58.7. The van der Waals surface area contributed by atoms with Crippen molar-refractivity contribution in [1.82, 2.24) is 25.5 Å². The maximum Gasteiger partial charge on any atom is 0.490 e. The molecule has 100 heavy (non-hydrogen) atoms. The number of nitrogens with zero attached hydrogens (tertiary/aromatic N) is 5. The molecule has 6 rings (SSSR count). The van der Waals surface area contributed by atoms with Gasteiger partial charge in [-0.2, -0.15) is 13.6 Å². The van der Waals surface area contributed by atoms with Gasteiger partial charge in [-0.3, -0.25) is 14.5 Å². The number of nitrogen functional groups attached to an aromatic ring is 2. The number of nitrogens with two attached hydrogens (primary N) is 3. The fraction of sp³-hybridized carbons (Fsp3) is 0.434. The molecule has 0 spiro atoms. The monoisotopic (exact) mass is 1540 g/mol. The Morgan fingerprint density at radius 1 is 0.860 bits per heavy atom. The van der Waals surface area contributed by atoms with E-state index in [2.05, 4.69) is 62.5 Å². The van der Waals surface area contributed by atoms with Crippen molar-refractivity contribution >= 4 is 113 Å². The van der Waals surface area contributed by atoms with Crippen LogP contribution in [0.5, 0.6) is 0 Å². The molecule has 3 unspecified atom stereocenters. The smallest absolute Gasteiger partial charge is 0.478 e. The van der Waals surface area contributed by atoms with Crippen LogP contribution in [-0.2, 0) is 81.2 Å². The molecular weight excluding hydrogens is 1480 g/mol. The molecule has 1 aromatic heterocycles. The lowest BCUT2D eigenvalue weighted by Gasteiger charge is -2.22. The number of rotatable bonds is 37. The molecule has 548 valence electrons. The number of alkyl carbamates (subject to hydrolysis) is 2. The topological polar surface area (TPSA) is 609 Å². The van der Waals surface area contributed by atoms with Gasteiger partial charge in [0.15, 0.2) is 5.36 Å². The molecule has 47 heteroatoms. The van der Waals surface area contributed by atoms with E-state index in [4.69, 9.17) is 95.0 Å². The van der Waals surface area contributed by atoms with Crippen LogP contribution in [0.25, 0.3) is 49.6 Å². The summed E-state index contributed by atoms with van der Waals surface area (Å²) in [6, 6.07) is 15.4. The van der Waals surface area contributed by atoms with E-state index < -0.39 is 100 Å². The van der Waals surface area contributed by atoms with Gasteiger partial charge in [-0.25, -0.2) is 32.9 Å². The van der Waals surface area contributed by atoms with Crippen LogP contribution < -0.4 is 43.9 Å². The second kappa shape index (κ2) is 41.8. The summed E-state index contributed by atoms with van der Waals surface area (Å²) >= 11 is 0. The fourth-order valence-electron chi connectivity index (χ4n) is 8.41. The third kappa shape index (κ3) is 31.8. The summed E-state index contributed by atoms with van der Waals surface area (Å²) in [6.07, 6.45) is -2.42. The number of ether oxygens (including phenoxy) is 7. The molecule has 1 fully saturated rings. The summed E-state index contributed by atoms with van der Waals surface area (Å²) in [5, 5.41) is 29.0. The number of carbonyl (C=O) groups excluding carboxylic acids is 2. The highest BCUT2D eigenvalue weighted by Gasteiger charge is 2.44. The zero-order valence-electron chi connectivity index (χ0n) is 52.7. The van der Waals surface area contributed by atoms with Crippen molar-refractivity contribution in [1.29, 1.82) is 0 Å². The number of azide groups is 1. The van der Waals surface area contributed by atoms with E-state index in [0.29, 0.717) is 107 Å². The third-order valence-corrected chi connectivity index (χ3v) is 19.5. The molecule has 2 aliphatic heterocycles. The molecule has 3 heterocycles. The van der Waals surface area contributed by atoms with E-state index in [1.165, 1.54) is 17.0 Å². The highest BCUT2D eigenvalue weighted by atomic mass is 33.1. The van der Waals surface area contributed by atoms with Crippen LogP contribution in [0, 0.1) is 11.8 Å². The average molecular weight is 1550 g/mol. The fourth-order valence-corrected chi connectivity index (χ4v) is 13.7. The van der Waals surface area contributed by atoms with Gasteiger partial charge in [0.25, 0.3) is 0 Å². The molecule has 14 N–H and O–H groups in total. The SMILES string of the molecule is C=C(NCCOCCOCCNC(=O)OCCC(C)(C)SSCOCCCCOC(=O)NCC#Cc1cn([C@H]2CC(OCN=[N+]=[N-])[C@@H](COP(=O)(O)OP(=O)(O)OP(=O)(O)O)O2)c(=O)nc1N)c1ccc(C(=O)O)c(-c2c3ccc(=[NH2+])cc-3oc3cc(N)ccc23)c1.O=S(=O)=O.O=S(=O)=O. The minimum absolute atomic E-state index is 0.0148. The third-order valence-electron chi connectivity index (χ3n) is 12.6. The summed E-state index contributed by atoms with van der Waals surface area (Å²) in [5.74, 6) is 4.79. The number of carboxylic acids is 1. The molecule has 0 saturated carbocycles. The summed E-state index contributed by atoms with van der Waals surface area (Å²) in [6.45, 7) is 8.97. The Morgan fingerprint density at radius 2 is 1.52 bits per heavy atom. The molecule has 1 saturated heterocycles. The highest BCUT2D eigenvalue weighted by Crippen LogP contribution is 2.66. The van der Waals surface area contributed by atoms with Crippen molar-refractivity contribution in [2.75, 3.05) is 96.6 Å². The molecule has 1 aliphatic carbocycles. The van der Waals surface area contributed by atoms with Crippen LogP contribution in [0.4, 0.5) is 21.1 Å². The van der Waals surface area contributed by atoms with Crippen molar-refractivity contribution in [3.63, 3.8) is 0 Å². The van der Waals surface area contributed by atoms with Gasteiger partial charge >= 0.3 is 68.5 Å². The van der Waals surface area contributed by atoms with Crippen molar-refractivity contribution in [2.24, 2.45) is 5.11 Å². The molecule has 5 atom stereocenters. The van der Waals surface area contributed by atoms with Crippen molar-refractivity contribution in [3.8, 4) is 34.3 Å². The molecule has 40 nitrogen and oxygen atoms in total. The normalized spacial score (nSPS) is 15.3. The second-order valence-corrected chi connectivity index (χ2v) is 28.6. The summed E-state index contributed by atoms with van der Waals surface area (Å²) in [4.78, 5) is 93.0. The number of unbranched alkanes of at least 4 members (excludes halogenated alkanes) is 1. The Kier molecular flexibility index (Phi) is 35.4. The number of benzene rings is 3. The van der Waals surface area contributed by atoms with E-state index in [1.807, 2.05) is 13.8 Å². The standard InChI is InChI=1S/C53H68N11O23P3S2.2O3S/c1-33(34-8-11-38(49(65)66)41(25-34)47-39-12-9-36(54)26-42(39)84-43-27-37(55)10-13-40(43)47)58-16-21-77-23-24-78-22-17-60-52(69)81-20-14-53(2,3)92-91-32-79-18-4-5-19-80-51(68)59-15-6-7-35-29-64(50(67)62-48(35)56)46-28-44(82-31-61-63-57)45(85-46)30-83-89(73,74)87-90(75,76)86-88(70,71)72;2*1-4(2)3/h8-13,25-27,29,44-46,54,58H,1,4-5,14-24,28,30-32,55H2,2-3H3,(H,59,68)(H,60,69)(H,65,66)(H,73,74)(H,75,76)(H2,56,62,67)(H2,70,71,72);;/p+1/t44?,45-,46-;;/m1../s1. The van der Waals surface area contributed by atoms with E-state index in [9.17, 15) is 47.8 Å². The number of phosphoric ester groups is 1. The number of anilines is 2.